The van der Waals surface area contributed by atoms with Crippen molar-refractivity contribution >= 4 is 51.1 Å². The number of rotatable bonds is 2. The quantitative estimate of drug-likeness (QED) is 0.616. The molecule has 0 unspecified atom stereocenters. The zero-order chi connectivity index (χ0) is 14.1. The molecule has 0 bridgehead atoms. The summed E-state index contributed by atoms with van der Waals surface area (Å²) in [6.45, 7) is 2.56. The number of fused-ring (bicyclic) bond motifs is 1. The van der Waals surface area contributed by atoms with Crippen molar-refractivity contribution in [3.05, 3.63) is 52.9 Å². The van der Waals surface area contributed by atoms with Crippen LogP contribution in [0.15, 0.2) is 47.4 Å². The fraction of sp³-hybridized carbons (Fsp3) is 0.125. The van der Waals surface area contributed by atoms with Crippen molar-refractivity contribution in [2.24, 2.45) is 0 Å². The van der Waals surface area contributed by atoms with Crippen LogP contribution in [0.4, 0.5) is 0 Å². The zero-order valence-electron chi connectivity index (χ0n) is 11.0. The highest BCUT2D eigenvalue weighted by Crippen LogP contribution is 2.33. The topological polar surface area (TPSA) is 20.3 Å². The van der Waals surface area contributed by atoms with Gasteiger partial charge in [-0.15, -0.1) is 0 Å². The average molecular weight is 299 g/mol. The summed E-state index contributed by atoms with van der Waals surface area (Å²) >= 11 is 6.61. The standard InChI is InChI=1S/C16H13NOS2/c1-2-17-15(18)14(20-16(17)19)10-12-8-5-7-11-6-3-4-9-13(11)12/h3-10H,2H2,1H3/b14-10-. The highest BCUT2D eigenvalue weighted by atomic mass is 32.2. The van der Waals surface area contributed by atoms with Crippen molar-refractivity contribution < 1.29 is 4.79 Å². The van der Waals surface area contributed by atoms with Gasteiger partial charge in [0.2, 0.25) is 0 Å². The van der Waals surface area contributed by atoms with Crippen LogP contribution in [-0.2, 0) is 4.79 Å². The minimum atomic E-state index is 0.00966. The van der Waals surface area contributed by atoms with Gasteiger partial charge in [-0.2, -0.15) is 0 Å². The third-order valence-corrected chi connectivity index (χ3v) is 4.68. The van der Waals surface area contributed by atoms with Crippen LogP contribution in [0.3, 0.4) is 0 Å². The average Bonchev–Trinajstić information content (AvgIpc) is 2.73. The van der Waals surface area contributed by atoms with Crippen molar-refractivity contribution in [2.75, 3.05) is 6.54 Å². The van der Waals surface area contributed by atoms with Crippen LogP contribution in [-0.4, -0.2) is 21.7 Å². The molecule has 4 heteroatoms. The predicted octanol–water partition coefficient (Wildman–Crippen LogP) is 4.06. The van der Waals surface area contributed by atoms with Crippen LogP contribution >= 0.6 is 24.0 Å². The zero-order valence-corrected chi connectivity index (χ0v) is 12.6. The Bertz CT molecular complexity index is 731. The van der Waals surface area contributed by atoms with E-state index in [0.717, 1.165) is 10.9 Å². The van der Waals surface area contributed by atoms with Gasteiger partial charge in [0.05, 0.1) is 4.91 Å². The summed E-state index contributed by atoms with van der Waals surface area (Å²) in [6.07, 6.45) is 1.94. The number of hydrogen-bond donors (Lipinski definition) is 0. The van der Waals surface area contributed by atoms with Gasteiger partial charge in [-0.3, -0.25) is 9.69 Å². The Morgan fingerprint density at radius 2 is 1.95 bits per heavy atom. The summed E-state index contributed by atoms with van der Waals surface area (Å²) in [4.78, 5) is 14.6. The van der Waals surface area contributed by atoms with Gasteiger partial charge in [-0.25, -0.2) is 0 Å². The van der Waals surface area contributed by atoms with E-state index in [4.69, 9.17) is 12.2 Å². The Kier molecular flexibility index (Phi) is 3.59. The Morgan fingerprint density at radius 1 is 1.20 bits per heavy atom. The smallest absolute Gasteiger partial charge is 0.266 e. The summed E-state index contributed by atoms with van der Waals surface area (Å²) in [7, 11) is 0. The molecule has 0 atom stereocenters. The molecule has 1 fully saturated rings. The van der Waals surface area contributed by atoms with Crippen molar-refractivity contribution in [3.8, 4) is 0 Å². The second-order valence-corrected chi connectivity index (χ2v) is 6.17. The maximum absolute atomic E-state index is 12.2. The van der Waals surface area contributed by atoms with Gasteiger partial charge in [0.15, 0.2) is 0 Å². The molecule has 0 saturated carbocycles. The number of thioether (sulfide) groups is 1. The second kappa shape index (κ2) is 5.38. The SMILES string of the molecule is CCN1C(=O)/C(=C/c2cccc3ccccc23)SC1=S. The lowest BCUT2D eigenvalue weighted by atomic mass is 10.0. The monoisotopic (exact) mass is 299 g/mol. The van der Waals surface area contributed by atoms with E-state index in [2.05, 4.69) is 18.2 Å². The van der Waals surface area contributed by atoms with E-state index in [0.29, 0.717) is 15.8 Å². The Hall–Kier alpha value is -1.65. The largest absolute Gasteiger partial charge is 0.293 e. The van der Waals surface area contributed by atoms with E-state index in [1.54, 1.807) is 4.90 Å². The molecule has 1 amide bonds. The number of carbonyl (C=O) groups excluding carboxylic acids is 1. The van der Waals surface area contributed by atoms with Crippen molar-refractivity contribution in [1.82, 2.24) is 4.90 Å². The number of thiocarbonyl (C=S) groups is 1. The Balaban J connectivity index is 2.07. The minimum Gasteiger partial charge on any atom is -0.293 e. The van der Waals surface area contributed by atoms with Crippen LogP contribution < -0.4 is 0 Å². The predicted molar refractivity (Wildman–Crippen MR) is 89.5 cm³/mol. The lowest BCUT2D eigenvalue weighted by Crippen LogP contribution is -2.27. The number of hydrogen-bond acceptors (Lipinski definition) is 3. The molecule has 3 rings (SSSR count). The first-order valence-corrected chi connectivity index (χ1v) is 7.66. The molecule has 0 aliphatic carbocycles. The minimum absolute atomic E-state index is 0.00966. The first-order valence-electron chi connectivity index (χ1n) is 6.44. The molecule has 0 radical (unpaired) electrons. The van der Waals surface area contributed by atoms with Crippen molar-refractivity contribution in [3.63, 3.8) is 0 Å². The molecule has 0 N–H and O–H groups in total. The number of carbonyl (C=O) groups is 1. The van der Waals surface area contributed by atoms with Gasteiger partial charge in [-0.1, -0.05) is 66.4 Å². The number of nitrogens with zero attached hydrogens (tertiary/aromatic N) is 1. The van der Waals surface area contributed by atoms with Crippen LogP contribution in [0.2, 0.25) is 0 Å². The number of likely N-dealkylation sites (N-methyl/N-ethyl adjacent to an activating group) is 1. The third-order valence-electron chi connectivity index (χ3n) is 3.30. The molecule has 2 aromatic carbocycles. The van der Waals surface area contributed by atoms with Gasteiger partial charge < -0.3 is 0 Å². The highest BCUT2D eigenvalue weighted by Gasteiger charge is 2.30. The van der Waals surface area contributed by atoms with Gasteiger partial charge in [0.1, 0.15) is 4.32 Å². The third kappa shape index (κ3) is 2.25. The van der Waals surface area contributed by atoms with Crippen molar-refractivity contribution in [2.45, 2.75) is 6.92 Å². The fourth-order valence-electron chi connectivity index (χ4n) is 2.29. The lowest BCUT2D eigenvalue weighted by molar-refractivity contribution is -0.121. The fourth-order valence-corrected chi connectivity index (χ4v) is 3.67. The van der Waals surface area contributed by atoms with Gasteiger partial charge >= 0.3 is 0 Å². The Morgan fingerprint density at radius 3 is 2.70 bits per heavy atom. The van der Waals surface area contributed by atoms with Crippen LogP contribution in [0, 0.1) is 0 Å². The van der Waals surface area contributed by atoms with Gasteiger partial charge in [-0.05, 0) is 29.3 Å². The normalized spacial score (nSPS) is 17.4. The summed E-state index contributed by atoms with van der Waals surface area (Å²) in [6, 6.07) is 14.3. The highest BCUT2D eigenvalue weighted by molar-refractivity contribution is 8.26. The van der Waals surface area contributed by atoms with Crippen LogP contribution in [0.1, 0.15) is 12.5 Å². The van der Waals surface area contributed by atoms with Crippen LogP contribution in [0.25, 0.3) is 16.8 Å². The lowest BCUT2D eigenvalue weighted by Gasteiger charge is -2.09. The molecule has 0 aromatic heterocycles. The molecule has 0 spiro atoms. The summed E-state index contributed by atoms with van der Waals surface area (Å²) in [5, 5.41) is 2.32. The molecular formula is C16H13NOS2. The van der Waals surface area contributed by atoms with E-state index in [-0.39, 0.29) is 5.91 Å². The summed E-state index contributed by atoms with van der Waals surface area (Å²) < 4.78 is 0.643. The van der Waals surface area contributed by atoms with E-state index < -0.39 is 0 Å². The molecule has 20 heavy (non-hydrogen) atoms. The molecule has 100 valence electrons. The molecule has 1 aliphatic heterocycles. The molecule has 2 nitrogen and oxygen atoms in total. The summed E-state index contributed by atoms with van der Waals surface area (Å²) in [5.41, 5.74) is 1.06. The van der Waals surface area contributed by atoms with E-state index >= 15 is 0 Å². The van der Waals surface area contributed by atoms with Crippen LogP contribution in [0.5, 0.6) is 0 Å². The number of benzene rings is 2. The van der Waals surface area contributed by atoms with Crippen molar-refractivity contribution in [1.29, 1.82) is 0 Å². The maximum Gasteiger partial charge on any atom is 0.266 e. The molecule has 1 aliphatic rings. The first kappa shape index (κ1) is 13.3. The van der Waals surface area contributed by atoms with E-state index in [1.807, 2.05) is 37.3 Å². The maximum atomic E-state index is 12.2. The van der Waals surface area contributed by atoms with E-state index in [1.165, 1.54) is 17.1 Å². The Labute approximate surface area is 127 Å². The van der Waals surface area contributed by atoms with E-state index in [9.17, 15) is 4.79 Å². The first-order chi connectivity index (χ1) is 9.70. The van der Waals surface area contributed by atoms with Gasteiger partial charge in [0, 0.05) is 6.54 Å². The molecule has 2 aromatic rings. The summed E-state index contributed by atoms with van der Waals surface area (Å²) in [5.74, 6) is 0.00966. The second-order valence-electron chi connectivity index (χ2n) is 4.49. The molecule has 1 saturated heterocycles. The molecular weight excluding hydrogens is 286 g/mol. The van der Waals surface area contributed by atoms with Gasteiger partial charge in [0.25, 0.3) is 5.91 Å². The molecule has 1 heterocycles. The number of amides is 1.